The van der Waals surface area contributed by atoms with Crippen molar-refractivity contribution in [3.8, 4) is 0 Å². The average Bonchev–Trinajstić information content (AvgIpc) is 2.72. The number of carbonyl (C=O) groups is 3. The van der Waals surface area contributed by atoms with Gasteiger partial charge in [-0.05, 0) is 17.7 Å². The number of rotatable bonds is 4. The first kappa shape index (κ1) is 15.1. The van der Waals surface area contributed by atoms with E-state index in [2.05, 4.69) is 0 Å². The number of halogens is 1. The van der Waals surface area contributed by atoms with Crippen molar-refractivity contribution in [3.63, 3.8) is 0 Å². The van der Waals surface area contributed by atoms with E-state index < -0.39 is 29.3 Å². The highest BCUT2D eigenvalue weighted by Gasteiger charge is 2.43. The summed E-state index contributed by atoms with van der Waals surface area (Å²) < 4.78 is 13.1. The summed E-state index contributed by atoms with van der Waals surface area (Å²) in [5.41, 5.74) is 0.523. The molecule has 0 bridgehead atoms. The largest absolute Gasteiger partial charge is 0.338 e. The van der Waals surface area contributed by atoms with Gasteiger partial charge in [0.15, 0.2) is 0 Å². The Kier molecular flexibility index (Phi) is 4.32. The van der Waals surface area contributed by atoms with Crippen molar-refractivity contribution in [2.45, 2.75) is 6.54 Å². The second kappa shape index (κ2) is 6.01. The Morgan fingerprint density at radius 2 is 2.19 bits per heavy atom. The molecule has 0 spiro atoms. The van der Waals surface area contributed by atoms with Crippen LogP contribution in [0.5, 0.6) is 0 Å². The predicted octanol–water partition coefficient (Wildman–Crippen LogP) is 0.373. The van der Waals surface area contributed by atoms with E-state index in [1.807, 2.05) is 0 Å². The van der Waals surface area contributed by atoms with Crippen LogP contribution in [-0.4, -0.2) is 48.3 Å². The standard InChI is InChI=1S/C14H15FN2O4/c1-16-8-11(12(18)14(16)20)13(19)17(21-2)7-9-4-3-5-10(15)6-9/h3-6,11H,7-8H2,1-2H3. The Hall–Kier alpha value is -2.28. The molecule has 7 heteroatoms. The normalized spacial score (nSPS) is 18.2. The van der Waals surface area contributed by atoms with Crippen LogP contribution in [0.2, 0.25) is 0 Å². The molecule has 2 rings (SSSR count). The van der Waals surface area contributed by atoms with Crippen LogP contribution in [-0.2, 0) is 25.8 Å². The molecule has 1 aliphatic rings. The van der Waals surface area contributed by atoms with Gasteiger partial charge < -0.3 is 4.90 Å². The lowest BCUT2D eigenvalue weighted by atomic mass is 10.1. The van der Waals surface area contributed by atoms with Gasteiger partial charge in [0.1, 0.15) is 11.7 Å². The molecule has 21 heavy (non-hydrogen) atoms. The van der Waals surface area contributed by atoms with Gasteiger partial charge in [-0.1, -0.05) is 12.1 Å². The van der Waals surface area contributed by atoms with Crippen LogP contribution in [0.25, 0.3) is 0 Å². The molecule has 1 aromatic carbocycles. The number of ketones is 1. The van der Waals surface area contributed by atoms with Gasteiger partial charge in [0.05, 0.1) is 13.7 Å². The van der Waals surface area contributed by atoms with Crippen molar-refractivity contribution in [1.29, 1.82) is 0 Å². The van der Waals surface area contributed by atoms with Crippen LogP contribution in [0.15, 0.2) is 24.3 Å². The fourth-order valence-corrected chi connectivity index (χ4v) is 2.17. The van der Waals surface area contributed by atoms with Gasteiger partial charge in [-0.2, -0.15) is 0 Å². The van der Waals surface area contributed by atoms with E-state index in [9.17, 15) is 18.8 Å². The van der Waals surface area contributed by atoms with E-state index in [4.69, 9.17) is 4.84 Å². The van der Waals surface area contributed by atoms with Crippen LogP contribution < -0.4 is 0 Å². The molecule has 1 fully saturated rings. The molecule has 2 amide bonds. The van der Waals surface area contributed by atoms with Gasteiger partial charge in [0.2, 0.25) is 5.78 Å². The SMILES string of the molecule is CON(Cc1cccc(F)c1)C(=O)C1CN(C)C(=O)C1=O. The zero-order valence-corrected chi connectivity index (χ0v) is 11.7. The smallest absolute Gasteiger partial charge is 0.290 e. The monoisotopic (exact) mass is 294 g/mol. The summed E-state index contributed by atoms with van der Waals surface area (Å²) in [6, 6.07) is 5.71. The van der Waals surface area contributed by atoms with E-state index >= 15 is 0 Å². The number of hydrogen-bond acceptors (Lipinski definition) is 4. The fourth-order valence-electron chi connectivity index (χ4n) is 2.17. The van der Waals surface area contributed by atoms with Gasteiger partial charge in [0.25, 0.3) is 11.8 Å². The summed E-state index contributed by atoms with van der Waals surface area (Å²) >= 11 is 0. The minimum absolute atomic E-state index is 0.00518. The molecular formula is C14H15FN2O4. The maximum atomic E-state index is 13.1. The first-order valence-corrected chi connectivity index (χ1v) is 6.33. The summed E-state index contributed by atoms with van der Waals surface area (Å²) in [6.07, 6.45) is 0. The van der Waals surface area contributed by atoms with Gasteiger partial charge in [-0.15, -0.1) is 0 Å². The van der Waals surface area contributed by atoms with Crippen molar-refractivity contribution in [3.05, 3.63) is 35.6 Å². The molecule has 1 aliphatic heterocycles. The van der Waals surface area contributed by atoms with Crippen LogP contribution in [0.4, 0.5) is 4.39 Å². The first-order chi connectivity index (χ1) is 9.93. The number of likely N-dealkylation sites (tertiary alicyclic amines) is 1. The first-order valence-electron chi connectivity index (χ1n) is 6.33. The predicted molar refractivity (Wildman–Crippen MR) is 70.1 cm³/mol. The number of nitrogens with zero attached hydrogens (tertiary/aromatic N) is 2. The quantitative estimate of drug-likeness (QED) is 0.457. The highest BCUT2D eigenvalue weighted by Crippen LogP contribution is 2.17. The summed E-state index contributed by atoms with van der Waals surface area (Å²) in [5, 5.41) is 0.962. The number of amides is 2. The molecule has 0 aromatic heterocycles. The Balaban J connectivity index is 2.12. The fraction of sp³-hybridized carbons (Fsp3) is 0.357. The molecular weight excluding hydrogens is 279 g/mol. The lowest BCUT2D eigenvalue weighted by molar-refractivity contribution is -0.183. The molecule has 0 N–H and O–H groups in total. The number of likely N-dealkylation sites (N-methyl/N-ethyl adjacent to an activating group) is 1. The third-order valence-corrected chi connectivity index (χ3v) is 3.31. The molecule has 1 aromatic rings. The highest BCUT2D eigenvalue weighted by atomic mass is 19.1. The third-order valence-electron chi connectivity index (χ3n) is 3.31. The van der Waals surface area contributed by atoms with Gasteiger partial charge in [0, 0.05) is 13.6 Å². The van der Waals surface area contributed by atoms with Crippen molar-refractivity contribution in [2.75, 3.05) is 20.7 Å². The zero-order chi connectivity index (χ0) is 15.6. The van der Waals surface area contributed by atoms with Crippen LogP contribution in [0.3, 0.4) is 0 Å². The number of hydroxylamine groups is 2. The Morgan fingerprint density at radius 3 is 2.71 bits per heavy atom. The lowest BCUT2D eigenvalue weighted by Crippen LogP contribution is -2.38. The molecule has 0 aliphatic carbocycles. The highest BCUT2D eigenvalue weighted by molar-refractivity contribution is 6.42. The summed E-state index contributed by atoms with van der Waals surface area (Å²) in [6.45, 7) is 0.0221. The van der Waals surface area contributed by atoms with E-state index in [1.54, 1.807) is 6.07 Å². The molecule has 112 valence electrons. The number of Topliss-reactive ketones (excluding diaryl/α,β-unsaturated/α-hetero) is 1. The van der Waals surface area contributed by atoms with Crippen LogP contribution in [0.1, 0.15) is 5.56 Å². The van der Waals surface area contributed by atoms with Crippen LogP contribution in [0, 0.1) is 11.7 Å². The van der Waals surface area contributed by atoms with Gasteiger partial charge >= 0.3 is 0 Å². The van der Waals surface area contributed by atoms with Crippen molar-refractivity contribution in [2.24, 2.45) is 5.92 Å². The Labute approximate surface area is 121 Å². The van der Waals surface area contributed by atoms with Crippen molar-refractivity contribution < 1.29 is 23.6 Å². The third kappa shape index (κ3) is 3.08. The minimum atomic E-state index is -1.07. The van der Waals surface area contributed by atoms with Crippen molar-refractivity contribution in [1.82, 2.24) is 9.96 Å². The summed E-state index contributed by atoms with van der Waals surface area (Å²) in [7, 11) is 2.74. The molecule has 1 heterocycles. The Bertz CT molecular complexity index is 590. The number of carbonyl (C=O) groups excluding carboxylic acids is 3. The van der Waals surface area contributed by atoms with E-state index in [0.29, 0.717) is 5.56 Å². The molecule has 1 unspecified atom stereocenters. The van der Waals surface area contributed by atoms with Crippen molar-refractivity contribution >= 4 is 17.6 Å². The van der Waals surface area contributed by atoms with Gasteiger partial charge in [-0.25, -0.2) is 9.45 Å². The van der Waals surface area contributed by atoms with Crippen LogP contribution >= 0.6 is 0 Å². The summed E-state index contributed by atoms with van der Waals surface area (Å²) in [5.74, 6) is -3.54. The van der Waals surface area contributed by atoms with Gasteiger partial charge in [-0.3, -0.25) is 19.2 Å². The Morgan fingerprint density at radius 1 is 1.48 bits per heavy atom. The second-order valence-corrected chi connectivity index (χ2v) is 4.79. The second-order valence-electron chi connectivity index (χ2n) is 4.79. The molecule has 0 saturated carbocycles. The van der Waals surface area contributed by atoms with E-state index in [-0.39, 0.29) is 13.1 Å². The number of benzene rings is 1. The molecule has 1 saturated heterocycles. The minimum Gasteiger partial charge on any atom is -0.338 e. The molecule has 0 radical (unpaired) electrons. The topological polar surface area (TPSA) is 66.9 Å². The molecule has 6 nitrogen and oxygen atoms in total. The summed E-state index contributed by atoms with van der Waals surface area (Å²) in [4.78, 5) is 41.6. The number of hydrogen-bond donors (Lipinski definition) is 0. The average molecular weight is 294 g/mol. The maximum Gasteiger partial charge on any atom is 0.290 e. The maximum absolute atomic E-state index is 13.1. The molecule has 1 atom stereocenters. The zero-order valence-electron chi connectivity index (χ0n) is 11.7. The lowest BCUT2D eigenvalue weighted by Gasteiger charge is -2.22. The van der Waals surface area contributed by atoms with E-state index in [0.717, 1.165) is 5.06 Å². The van der Waals surface area contributed by atoms with E-state index in [1.165, 1.54) is 37.3 Å².